The van der Waals surface area contributed by atoms with Crippen molar-refractivity contribution >= 4 is 17.5 Å². The molecule has 1 aliphatic carbocycles. The molecule has 1 saturated carbocycles. The third-order valence-corrected chi connectivity index (χ3v) is 3.38. The highest BCUT2D eigenvalue weighted by atomic mass is 16.3. The highest BCUT2D eigenvalue weighted by Crippen LogP contribution is 2.44. The second-order valence-electron chi connectivity index (χ2n) is 5.10. The van der Waals surface area contributed by atoms with Gasteiger partial charge in [0, 0.05) is 30.1 Å². The highest BCUT2D eigenvalue weighted by molar-refractivity contribution is 5.95. The summed E-state index contributed by atoms with van der Waals surface area (Å²) in [5.41, 5.74) is 1.12. The highest BCUT2D eigenvalue weighted by Gasteiger charge is 2.42. The van der Waals surface area contributed by atoms with Crippen molar-refractivity contribution in [1.82, 2.24) is 5.32 Å². The molecule has 2 amide bonds. The van der Waals surface area contributed by atoms with Gasteiger partial charge in [-0.15, -0.1) is 0 Å². The van der Waals surface area contributed by atoms with Gasteiger partial charge in [0.15, 0.2) is 0 Å². The van der Waals surface area contributed by atoms with Crippen molar-refractivity contribution in [2.45, 2.75) is 19.8 Å². The van der Waals surface area contributed by atoms with E-state index in [4.69, 9.17) is 5.11 Å². The number of aliphatic hydroxyl groups excluding tert-OH is 1. The molecule has 0 unspecified atom stereocenters. The molecule has 0 atom stereocenters. The number of amides is 2. The average molecular weight is 262 g/mol. The third kappa shape index (κ3) is 3.54. The molecule has 0 aromatic heterocycles. The Bertz CT molecular complexity index is 478. The Morgan fingerprint density at radius 2 is 1.89 bits per heavy atom. The van der Waals surface area contributed by atoms with Gasteiger partial charge in [-0.1, -0.05) is 0 Å². The van der Waals surface area contributed by atoms with Crippen LogP contribution in [0.1, 0.15) is 30.1 Å². The average Bonchev–Trinajstić information content (AvgIpc) is 3.17. The van der Waals surface area contributed by atoms with Crippen LogP contribution in [0.3, 0.4) is 0 Å². The van der Waals surface area contributed by atoms with Crippen LogP contribution >= 0.6 is 0 Å². The van der Waals surface area contributed by atoms with Crippen LogP contribution in [0.4, 0.5) is 5.69 Å². The Hall–Kier alpha value is -1.88. The van der Waals surface area contributed by atoms with Crippen LogP contribution in [0.25, 0.3) is 0 Å². The van der Waals surface area contributed by atoms with E-state index in [0.29, 0.717) is 17.8 Å². The van der Waals surface area contributed by atoms with Gasteiger partial charge < -0.3 is 15.7 Å². The van der Waals surface area contributed by atoms with Gasteiger partial charge in [0.25, 0.3) is 5.91 Å². The Labute approximate surface area is 112 Å². The minimum Gasteiger partial charge on any atom is -0.396 e. The van der Waals surface area contributed by atoms with Crippen molar-refractivity contribution in [3.05, 3.63) is 29.8 Å². The number of aliphatic hydroxyl groups is 1. The number of rotatable bonds is 5. The predicted octanol–water partition coefficient (Wildman–Crippen LogP) is 1.15. The third-order valence-electron chi connectivity index (χ3n) is 3.38. The zero-order valence-corrected chi connectivity index (χ0v) is 10.9. The summed E-state index contributed by atoms with van der Waals surface area (Å²) < 4.78 is 0. The zero-order valence-electron chi connectivity index (χ0n) is 10.9. The maximum atomic E-state index is 11.9. The van der Waals surface area contributed by atoms with Gasteiger partial charge in [0.1, 0.15) is 0 Å². The van der Waals surface area contributed by atoms with E-state index in [9.17, 15) is 9.59 Å². The number of carbonyl (C=O) groups excluding carboxylic acids is 2. The fourth-order valence-corrected chi connectivity index (χ4v) is 1.85. The van der Waals surface area contributed by atoms with E-state index in [0.717, 1.165) is 12.8 Å². The summed E-state index contributed by atoms with van der Waals surface area (Å²) in [6.07, 6.45) is 1.93. The molecule has 0 heterocycles. The quantitative estimate of drug-likeness (QED) is 0.744. The van der Waals surface area contributed by atoms with Crippen molar-refractivity contribution < 1.29 is 14.7 Å². The monoisotopic (exact) mass is 262 g/mol. The summed E-state index contributed by atoms with van der Waals surface area (Å²) >= 11 is 0. The van der Waals surface area contributed by atoms with Crippen LogP contribution in [-0.4, -0.2) is 30.1 Å². The van der Waals surface area contributed by atoms with Crippen LogP contribution < -0.4 is 10.6 Å². The van der Waals surface area contributed by atoms with E-state index >= 15 is 0 Å². The molecule has 3 N–H and O–H groups in total. The zero-order chi connectivity index (χ0) is 13.9. The van der Waals surface area contributed by atoms with Crippen molar-refractivity contribution in [1.29, 1.82) is 0 Å². The van der Waals surface area contributed by atoms with Crippen molar-refractivity contribution in [2.24, 2.45) is 5.41 Å². The summed E-state index contributed by atoms with van der Waals surface area (Å²) in [6.45, 7) is 2.06. The summed E-state index contributed by atoms with van der Waals surface area (Å²) in [6, 6.07) is 6.71. The topological polar surface area (TPSA) is 78.4 Å². The van der Waals surface area contributed by atoms with Gasteiger partial charge in [-0.25, -0.2) is 0 Å². The smallest absolute Gasteiger partial charge is 0.251 e. The van der Waals surface area contributed by atoms with Crippen molar-refractivity contribution in [3.63, 3.8) is 0 Å². The van der Waals surface area contributed by atoms with Gasteiger partial charge in [-0.05, 0) is 37.1 Å². The molecule has 1 aromatic rings. The molecular formula is C14H18N2O3. The Morgan fingerprint density at radius 1 is 1.26 bits per heavy atom. The first-order chi connectivity index (χ1) is 9.04. The van der Waals surface area contributed by atoms with Crippen LogP contribution in [-0.2, 0) is 4.79 Å². The van der Waals surface area contributed by atoms with E-state index in [1.165, 1.54) is 6.92 Å². The first-order valence-corrected chi connectivity index (χ1v) is 6.31. The molecule has 0 spiro atoms. The molecule has 0 saturated heterocycles. The van der Waals surface area contributed by atoms with Crippen molar-refractivity contribution in [2.75, 3.05) is 18.5 Å². The van der Waals surface area contributed by atoms with Crippen LogP contribution in [0.5, 0.6) is 0 Å². The molecule has 1 fully saturated rings. The maximum absolute atomic E-state index is 11.9. The lowest BCUT2D eigenvalue weighted by atomic mass is 10.1. The molecule has 5 heteroatoms. The minimum atomic E-state index is -0.158. The molecule has 0 radical (unpaired) electrons. The molecule has 102 valence electrons. The lowest BCUT2D eigenvalue weighted by molar-refractivity contribution is -0.114. The maximum Gasteiger partial charge on any atom is 0.251 e. The molecular weight excluding hydrogens is 244 g/mol. The van der Waals surface area contributed by atoms with E-state index in [-0.39, 0.29) is 23.8 Å². The summed E-state index contributed by atoms with van der Waals surface area (Å²) in [4.78, 5) is 22.8. The van der Waals surface area contributed by atoms with E-state index in [1.807, 2.05) is 0 Å². The molecule has 0 aliphatic heterocycles. The second kappa shape index (κ2) is 5.40. The Kier molecular flexibility index (Phi) is 3.85. The van der Waals surface area contributed by atoms with Crippen LogP contribution in [0.15, 0.2) is 24.3 Å². The number of hydrogen-bond acceptors (Lipinski definition) is 3. The minimum absolute atomic E-state index is 0.0915. The number of carbonyl (C=O) groups is 2. The van der Waals surface area contributed by atoms with E-state index < -0.39 is 0 Å². The molecule has 19 heavy (non-hydrogen) atoms. The van der Waals surface area contributed by atoms with Crippen molar-refractivity contribution in [3.8, 4) is 0 Å². The number of nitrogens with one attached hydrogen (secondary N) is 2. The lowest BCUT2D eigenvalue weighted by Crippen LogP contribution is -2.31. The van der Waals surface area contributed by atoms with Crippen LogP contribution in [0, 0.1) is 5.41 Å². The van der Waals surface area contributed by atoms with Crippen LogP contribution in [0.2, 0.25) is 0 Å². The standard InChI is InChI=1S/C14H18N2O3/c1-10(18)16-12-4-2-11(3-5-12)13(19)15-8-14(9-17)6-7-14/h2-5,17H,6-9H2,1H3,(H,15,19)(H,16,18). The van der Waals surface area contributed by atoms with E-state index in [2.05, 4.69) is 10.6 Å². The normalized spacial score (nSPS) is 15.7. The SMILES string of the molecule is CC(=O)Nc1ccc(C(=O)NCC2(CO)CC2)cc1. The fourth-order valence-electron chi connectivity index (χ4n) is 1.85. The number of anilines is 1. The van der Waals surface area contributed by atoms with E-state index in [1.54, 1.807) is 24.3 Å². The Morgan fingerprint density at radius 3 is 2.37 bits per heavy atom. The summed E-state index contributed by atoms with van der Waals surface area (Å²) in [7, 11) is 0. The summed E-state index contributed by atoms with van der Waals surface area (Å²) in [5, 5.41) is 14.6. The molecule has 0 bridgehead atoms. The first-order valence-electron chi connectivity index (χ1n) is 6.31. The predicted molar refractivity (Wildman–Crippen MR) is 71.8 cm³/mol. The molecule has 2 rings (SSSR count). The lowest BCUT2D eigenvalue weighted by Gasteiger charge is -2.12. The van der Waals surface area contributed by atoms with Gasteiger partial charge in [0.2, 0.25) is 5.91 Å². The van der Waals surface area contributed by atoms with Gasteiger partial charge in [-0.3, -0.25) is 9.59 Å². The van der Waals surface area contributed by atoms with Gasteiger partial charge in [-0.2, -0.15) is 0 Å². The molecule has 1 aromatic carbocycles. The Balaban J connectivity index is 1.90. The number of benzene rings is 1. The fraction of sp³-hybridized carbons (Fsp3) is 0.429. The molecule has 1 aliphatic rings. The van der Waals surface area contributed by atoms with Gasteiger partial charge in [0.05, 0.1) is 6.61 Å². The van der Waals surface area contributed by atoms with Gasteiger partial charge >= 0.3 is 0 Å². The largest absolute Gasteiger partial charge is 0.396 e. The molecule has 5 nitrogen and oxygen atoms in total. The number of hydrogen-bond donors (Lipinski definition) is 3. The first kappa shape index (κ1) is 13.5. The summed E-state index contributed by atoms with van der Waals surface area (Å²) in [5.74, 6) is -0.301. The second-order valence-corrected chi connectivity index (χ2v) is 5.10.